The Balaban J connectivity index is 2.92. The van der Waals surface area contributed by atoms with Gasteiger partial charge in [-0.05, 0) is 23.3 Å². The van der Waals surface area contributed by atoms with Crippen molar-refractivity contribution in [3.05, 3.63) is 41.2 Å². The molecule has 0 unspecified atom stereocenters. The molecule has 1 aromatic carbocycles. The number of allylic oxidation sites excluding steroid dienone is 1. The summed E-state index contributed by atoms with van der Waals surface area (Å²) in [5.74, 6) is -0.369. The Morgan fingerprint density at radius 2 is 2.29 bits per heavy atom. The minimum Gasteiger partial charge on any atom is -0.392 e. The summed E-state index contributed by atoms with van der Waals surface area (Å²) in [5, 5.41) is 17.2. The summed E-state index contributed by atoms with van der Waals surface area (Å²) in [6, 6.07) is 6.15. The molecular weight excluding hydrogens is 181 g/mol. The average Bonchev–Trinajstić information content (AvgIpc) is 2.20. The highest BCUT2D eigenvalue weighted by molar-refractivity contribution is 5.53. The lowest BCUT2D eigenvalue weighted by atomic mass is 10.1. The van der Waals surface area contributed by atoms with Crippen molar-refractivity contribution >= 4 is 6.08 Å². The van der Waals surface area contributed by atoms with E-state index in [1.165, 1.54) is 12.1 Å². The van der Waals surface area contributed by atoms with E-state index in [0.29, 0.717) is 12.0 Å². The van der Waals surface area contributed by atoms with E-state index in [9.17, 15) is 4.39 Å². The van der Waals surface area contributed by atoms with Gasteiger partial charge in [0, 0.05) is 0 Å². The zero-order chi connectivity index (χ0) is 10.4. The van der Waals surface area contributed by atoms with E-state index in [1.54, 1.807) is 18.2 Å². The molecule has 0 aromatic heterocycles. The van der Waals surface area contributed by atoms with Gasteiger partial charge >= 0.3 is 0 Å². The molecule has 0 aliphatic carbocycles. The molecule has 2 nitrogen and oxygen atoms in total. The van der Waals surface area contributed by atoms with Crippen molar-refractivity contribution in [2.45, 2.75) is 13.0 Å². The molecule has 0 atom stereocenters. The fourth-order valence-electron chi connectivity index (χ4n) is 1.11. The Bertz CT molecular complexity index is 379. The Hall–Kier alpha value is -1.66. The SMILES string of the molecule is N#CCC=Cc1ccc(F)cc1CO. The van der Waals surface area contributed by atoms with Gasteiger partial charge in [-0.1, -0.05) is 18.2 Å². The van der Waals surface area contributed by atoms with Crippen LogP contribution in [0, 0.1) is 17.1 Å². The maximum absolute atomic E-state index is 12.7. The number of nitrogens with zero attached hydrogens (tertiary/aromatic N) is 1. The highest BCUT2D eigenvalue weighted by Crippen LogP contribution is 2.13. The second kappa shape index (κ2) is 5.15. The van der Waals surface area contributed by atoms with Gasteiger partial charge in [0.2, 0.25) is 0 Å². The Kier molecular flexibility index (Phi) is 3.84. The third-order valence-corrected chi connectivity index (χ3v) is 1.78. The summed E-state index contributed by atoms with van der Waals surface area (Å²) in [4.78, 5) is 0. The molecule has 0 radical (unpaired) electrons. The fourth-order valence-corrected chi connectivity index (χ4v) is 1.11. The summed E-state index contributed by atoms with van der Waals surface area (Å²) in [6.45, 7) is -0.204. The number of aliphatic hydroxyl groups excluding tert-OH is 1. The number of nitriles is 1. The largest absolute Gasteiger partial charge is 0.392 e. The summed E-state index contributed by atoms with van der Waals surface area (Å²) in [7, 11) is 0. The van der Waals surface area contributed by atoms with Crippen LogP contribution in [0.1, 0.15) is 17.5 Å². The molecule has 0 aliphatic rings. The molecular formula is C11H10FNO. The van der Waals surface area contributed by atoms with Crippen LogP contribution in [0.25, 0.3) is 6.08 Å². The highest BCUT2D eigenvalue weighted by Gasteiger charge is 1.99. The van der Waals surface area contributed by atoms with Crippen LogP contribution in [0.2, 0.25) is 0 Å². The Morgan fingerprint density at radius 1 is 1.50 bits per heavy atom. The van der Waals surface area contributed by atoms with Crippen LogP contribution in [0.4, 0.5) is 4.39 Å². The van der Waals surface area contributed by atoms with Crippen LogP contribution in [0.5, 0.6) is 0 Å². The van der Waals surface area contributed by atoms with Gasteiger partial charge in [0.1, 0.15) is 5.82 Å². The molecule has 0 fully saturated rings. The molecule has 1 rings (SSSR count). The quantitative estimate of drug-likeness (QED) is 0.796. The molecule has 3 heteroatoms. The molecule has 0 amide bonds. The third kappa shape index (κ3) is 2.68. The number of benzene rings is 1. The smallest absolute Gasteiger partial charge is 0.123 e. The van der Waals surface area contributed by atoms with Crippen molar-refractivity contribution in [1.82, 2.24) is 0 Å². The van der Waals surface area contributed by atoms with Gasteiger partial charge in [0.15, 0.2) is 0 Å². The maximum atomic E-state index is 12.7. The second-order valence-corrected chi connectivity index (χ2v) is 2.77. The summed E-state index contributed by atoms with van der Waals surface area (Å²) >= 11 is 0. The van der Waals surface area contributed by atoms with Crippen LogP contribution >= 0.6 is 0 Å². The molecule has 0 aliphatic heterocycles. The van der Waals surface area contributed by atoms with E-state index >= 15 is 0 Å². The van der Waals surface area contributed by atoms with Crippen molar-refractivity contribution in [1.29, 1.82) is 5.26 Å². The van der Waals surface area contributed by atoms with Crippen LogP contribution in [0.3, 0.4) is 0 Å². The van der Waals surface area contributed by atoms with Crippen molar-refractivity contribution in [2.24, 2.45) is 0 Å². The average molecular weight is 191 g/mol. The second-order valence-electron chi connectivity index (χ2n) is 2.77. The summed E-state index contributed by atoms with van der Waals surface area (Å²) in [6.07, 6.45) is 3.68. The molecule has 0 saturated carbocycles. The lowest BCUT2D eigenvalue weighted by Gasteiger charge is -2.01. The van der Waals surface area contributed by atoms with Crippen molar-refractivity contribution in [3.8, 4) is 6.07 Å². The van der Waals surface area contributed by atoms with Crippen LogP contribution in [-0.4, -0.2) is 5.11 Å². The standard InChI is InChI=1S/C11H10FNO/c12-11-5-4-9(3-1-2-6-13)10(7-11)8-14/h1,3-5,7,14H,2,8H2. The number of halogens is 1. The first-order valence-corrected chi connectivity index (χ1v) is 4.20. The van der Waals surface area contributed by atoms with Crippen molar-refractivity contribution in [2.75, 3.05) is 0 Å². The van der Waals surface area contributed by atoms with Crippen molar-refractivity contribution in [3.63, 3.8) is 0 Å². The van der Waals surface area contributed by atoms with Gasteiger partial charge < -0.3 is 5.11 Å². The third-order valence-electron chi connectivity index (χ3n) is 1.78. The topological polar surface area (TPSA) is 44.0 Å². The first kappa shape index (κ1) is 10.4. The van der Waals surface area contributed by atoms with E-state index in [4.69, 9.17) is 10.4 Å². The monoisotopic (exact) mass is 191 g/mol. The number of aliphatic hydroxyl groups is 1. The molecule has 1 N–H and O–H groups in total. The zero-order valence-corrected chi connectivity index (χ0v) is 7.57. The molecule has 0 bridgehead atoms. The molecule has 0 spiro atoms. The van der Waals surface area contributed by atoms with E-state index in [-0.39, 0.29) is 12.4 Å². The van der Waals surface area contributed by atoms with Crippen LogP contribution in [0.15, 0.2) is 24.3 Å². The normalized spacial score (nSPS) is 10.4. The van der Waals surface area contributed by atoms with Gasteiger partial charge in [-0.3, -0.25) is 0 Å². The van der Waals surface area contributed by atoms with E-state index in [1.807, 2.05) is 6.07 Å². The van der Waals surface area contributed by atoms with Gasteiger partial charge in [-0.15, -0.1) is 0 Å². The summed E-state index contributed by atoms with van der Waals surface area (Å²) < 4.78 is 12.7. The van der Waals surface area contributed by atoms with E-state index in [2.05, 4.69) is 0 Å². The molecule has 1 aromatic rings. The lowest BCUT2D eigenvalue weighted by Crippen LogP contribution is -1.89. The molecule has 14 heavy (non-hydrogen) atoms. The minimum atomic E-state index is -0.369. The van der Waals surface area contributed by atoms with Gasteiger partial charge in [0.05, 0.1) is 19.1 Å². The van der Waals surface area contributed by atoms with Gasteiger partial charge in [-0.25, -0.2) is 4.39 Å². The molecule has 72 valence electrons. The number of rotatable bonds is 3. The number of hydrogen-bond donors (Lipinski definition) is 1. The van der Waals surface area contributed by atoms with E-state index in [0.717, 1.165) is 5.56 Å². The Morgan fingerprint density at radius 3 is 2.93 bits per heavy atom. The predicted octanol–water partition coefficient (Wildman–Crippen LogP) is 2.24. The van der Waals surface area contributed by atoms with Gasteiger partial charge in [-0.2, -0.15) is 5.26 Å². The van der Waals surface area contributed by atoms with Crippen LogP contribution in [-0.2, 0) is 6.61 Å². The molecule has 0 heterocycles. The zero-order valence-electron chi connectivity index (χ0n) is 7.57. The minimum absolute atomic E-state index is 0.204. The number of hydrogen-bond acceptors (Lipinski definition) is 2. The Labute approximate surface area is 81.9 Å². The fraction of sp³-hybridized carbons (Fsp3) is 0.182. The first-order chi connectivity index (χ1) is 6.77. The summed E-state index contributed by atoms with van der Waals surface area (Å²) in [5.41, 5.74) is 1.27. The molecule has 0 saturated heterocycles. The van der Waals surface area contributed by atoms with Crippen molar-refractivity contribution < 1.29 is 9.50 Å². The highest BCUT2D eigenvalue weighted by atomic mass is 19.1. The van der Waals surface area contributed by atoms with Gasteiger partial charge in [0.25, 0.3) is 0 Å². The van der Waals surface area contributed by atoms with Crippen LogP contribution < -0.4 is 0 Å². The maximum Gasteiger partial charge on any atom is 0.123 e. The lowest BCUT2D eigenvalue weighted by molar-refractivity contribution is 0.281. The predicted molar refractivity (Wildman–Crippen MR) is 51.6 cm³/mol. The van der Waals surface area contributed by atoms with E-state index < -0.39 is 0 Å². The first-order valence-electron chi connectivity index (χ1n) is 4.20.